The molecule has 1 atom stereocenters. The van der Waals surface area contributed by atoms with Crippen LogP contribution in [0.25, 0.3) is 76.9 Å². The maximum atomic E-state index is 6.65. The van der Waals surface area contributed by atoms with Crippen molar-refractivity contribution in [2.75, 3.05) is 4.90 Å². The first-order valence-electron chi connectivity index (χ1n) is 20.4. The Morgan fingerprint density at radius 3 is 1.98 bits per heavy atom. The molecule has 2 heterocycles. The predicted molar refractivity (Wildman–Crippen MR) is 250 cm³/mol. The number of hydrogen-bond donors (Lipinski definition) is 0. The van der Waals surface area contributed by atoms with Gasteiger partial charge in [-0.25, -0.2) is 0 Å². The summed E-state index contributed by atoms with van der Waals surface area (Å²) in [5, 5.41) is 7.06. The van der Waals surface area contributed by atoms with Crippen molar-refractivity contribution in [3.05, 3.63) is 217 Å². The van der Waals surface area contributed by atoms with Crippen molar-refractivity contribution in [1.29, 1.82) is 0 Å². The van der Waals surface area contributed by atoms with Crippen LogP contribution in [0.2, 0.25) is 0 Å². The second kappa shape index (κ2) is 13.8. The van der Waals surface area contributed by atoms with Crippen molar-refractivity contribution in [2.45, 2.75) is 17.2 Å². The van der Waals surface area contributed by atoms with Crippen LogP contribution in [-0.2, 0) is 0 Å². The van der Waals surface area contributed by atoms with Crippen LogP contribution in [0.1, 0.15) is 17.9 Å². The monoisotopic (exact) mass is 771 g/mol. The summed E-state index contributed by atoms with van der Waals surface area (Å²) in [7, 11) is 0. The smallest absolute Gasteiger partial charge is 0.137 e. The van der Waals surface area contributed by atoms with Gasteiger partial charge in [0.1, 0.15) is 11.2 Å². The van der Waals surface area contributed by atoms with Crippen molar-refractivity contribution in [2.24, 2.45) is 0 Å². The van der Waals surface area contributed by atoms with E-state index in [1.54, 1.807) is 0 Å². The number of rotatable bonds is 6. The summed E-state index contributed by atoms with van der Waals surface area (Å²) in [6, 6.07) is 68.6. The molecule has 278 valence electrons. The number of nitrogens with zero attached hydrogens (tertiary/aromatic N) is 1. The molecule has 1 aliphatic heterocycles. The molecule has 2 nitrogen and oxygen atoms in total. The molecular weight excluding hydrogens is 735 g/mol. The minimum atomic E-state index is 0.407. The molecule has 0 saturated carbocycles. The topological polar surface area (TPSA) is 16.4 Å². The minimum absolute atomic E-state index is 0.407. The Kier molecular flexibility index (Phi) is 7.95. The van der Waals surface area contributed by atoms with E-state index in [1.165, 1.54) is 70.3 Å². The summed E-state index contributed by atoms with van der Waals surface area (Å²) < 4.78 is 6.65. The van der Waals surface area contributed by atoms with Crippen LogP contribution >= 0.6 is 11.8 Å². The molecule has 2 aliphatic rings. The number of hydrogen-bond acceptors (Lipinski definition) is 3. The largest absolute Gasteiger partial charge is 0.456 e. The summed E-state index contributed by atoms with van der Waals surface area (Å²) in [5.74, 6) is 0.407. The Hall–Kier alpha value is -7.07. The summed E-state index contributed by atoms with van der Waals surface area (Å²) in [4.78, 5) is 5.31. The first-order chi connectivity index (χ1) is 29.3. The van der Waals surface area contributed by atoms with E-state index in [-0.39, 0.29) is 0 Å². The minimum Gasteiger partial charge on any atom is -0.456 e. The van der Waals surface area contributed by atoms with Gasteiger partial charge in [-0.1, -0.05) is 188 Å². The molecule has 0 fully saturated rings. The lowest BCUT2D eigenvalue weighted by Crippen LogP contribution is -2.14. The molecule has 1 aromatic heterocycles. The number of benzene rings is 9. The van der Waals surface area contributed by atoms with Gasteiger partial charge in [-0.15, -0.1) is 0 Å². The van der Waals surface area contributed by atoms with Gasteiger partial charge in [0.15, 0.2) is 0 Å². The first kappa shape index (κ1) is 34.0. The number of allylic oxidation sites excluding steroid dienone is 4. The van der Waals surface area contributed by atoms with Gasteiger partial charge >= 0.3 is 0 Å². The summed E-state index contributed by atoms with van der Waals surface area (Å²) in [6.45, 7) is 0. The molecule has 3 heteroatoms. The zero-order valence-corrected chi connectivity index (χ0v) is 33.0. The van der Waals surface area contributed by atoms with E-state index in [9.17, 15) is 0 Å². The Morgan fingerprint density at radius 2 is 1.14 bits per heavy atom. The summed E-state index contributed by atoms with van der Waals surface area (Å²) in [5.41, 5.74) is 13.6. The van der Waals surface area contributed by atoms with E-state index in [2.05, 4.69) is 205 Å². The zero-order chi connectivity index (χ0) is 38.9. The predicted octanol–water partition coefficient (Wildman–Crippen LogP) is 16.4. The quantitative estimate of drug-likeness (QED) is 0.157. The van der Waals surface area contributed by atoms with Gasteiger partial charge in [0.2, 0.25) is 0 Å². The van der Waals surface area contributed by atoms with E-state index >= 15 is 0 Å². The number of fused-ring (bicyclic) bond motifs is 9. The Labute approximate surface area is 347 Å². The molecule has 59 heavy (non-hydrogen) atoms. The number of thioether (sulfide) groups is 1. The van der Waals surface area contributed by atoms with Crippen molar-refractivity contribution in [1.82, 2.24) is 0 Å². The lowest BCUT2D eigenvalue weighted by Gasteiger charge is -2.32. The highest BCUT2D eigenvalue weighted by Gasteiger charge is 2.32. The van der Waals surface area contributed by atoms with Gasteiger partial charge in [-0.2, -0.15) is 0 Å². The Balaban J connectivity index is 1.22. The van der Waals surface area contributed by atoms with Gasteiger partial charge in [-0.05, 0) is 79.6 Å². The van der Waals surface area contributed by atoms with Crippen molar-refractivity contribution >= 4 is 72.3 Å². The van der Waals surface area contributed by atoms with Gasteiger partial charge in [0.25, 0.3) is 0 Å². The number of furan rings is 1. The normalized spacial score (nSPS) is 14.5. The van der Waals surface area contributed by atoms with Crippen LogP contribution in [-0.4, -0.2) is 0 Å². The average Bonchev–Trinajstić information content (AvgIpc) is 3.88. The van der Waals surface area contributed by atoms with Crippen molar-refractivity contribution < 1.29 is 4.42 Å². The molecule has 9 aromatic carbocycles. The fraction of sp³-hybridized carbons (Fsp3) is 0.0357. The van der Waals surface area contributed by atoms with E-state index in [0.717, 1.165) is 45.4 Å². The fourth-order valence-electron chi connectivity index (χ4n) is 9.61. The third-order valence-corrected chi connectivity index (χ3v) is 13.5. The molecule has 1 unspecified atom stereocenters. The molecule has 0 amide bonds. The highest BCUT2D eigenvalue weighted by atomic mass is 32.2. The third kappa shape index (κ3) is 5.42. The second-order valence-electron chi connectivity index (χ2n) is 15.5. The molecule has 0 bridgehead atoms. The summed E-state index contributed by atoms with van der Waals surface area (Å²) in [6.07, 6.45) is 7.86. The summed E-state index contributed by atoms with van der Waals surface area (Å²) >= 11 is 1.94. The van der Waals surface area contributed by atoms with Crippen molar-refractivity contribution in [3.63, 3.8) is 0 Å². The third-order valence-electron chi connectivity index (χ3n) is 12.2. The lowest BCUT2D eigenvalue weighted by atomic mass is 9.86. The maximum Gasteiger partial charge on any atom is 0.137 e. The molecule has 0 spiro atoms. The zero-order valence-electron chi connectivity index (χ0n) is 32.2. The highest BCUT2D eigenvalue weighted by Crippen LogP contribution is 2.57. The Bertz CT molecular complexity index is 3350. The van der Waals surface area contributed by atoms with Crippen LogP contribution in [0.15, 0.2) is 221 Å². The van der Waals surface area contributed by atoms with E-state index < -0.39 is 0 Å². The van der Waals surface area contributed by atoms with Crippen LogP contribution < -0.4 is 4.90 Å². The molecular formula is C56H37NOS. The van der Waals surface area contributed by atoms with Gasteiger partial charge in [-0.3, -0.25) is 0 Å². The number of para-hydroxylation sites is 2. The van der Waals surface area contributed by atoms with Crippen LogP contribution in [0.5, 0.6) is 0 Å². The number of anilines is 3. The lowest BCUT2D eigenvalue weighted by molar-refractivity contribution is 0.669. The maximum absolute atomic E-state index is 6.65. The molecule has 1 aliphatic carbocycles. The van der Waals surface area contributed by atoms with Gasteiger partial charge < -0.3 is 9.32 Å². The van der Waals surface area contributed by atoms with Crippen LogP contribution in [0.4, 0.5) is 17.1 Å². The molecule has 10 aromatic rings. The SMILES string of the molecule is C1=CCC2C(=C1)Sc1c(-c3ccccc3N(c3ccc4c(c3)oc3ccccc34)c3c(-c4ccccc4-c4ccccc4)c4ccccc4c4ccccc34)cccc12. The molecule has 0 saturated heterocycles. The van der Waals surface area contributed by atoms with Crippen LogP contribution in [0.3, 0.4) is 0 Å². The molecule has 0 radical (unpaired) electrons. The Morgan fingerprint density at radius 1 is 0.492 bits per heavy atom. The van der Waals surface area contributed by atoms with E-state index in [4.69, 9.17) is 4.42 Å². The molecule has 12 rings (SSSR count). The van der Waals surface area contributed by atoms with Gasteiger partial charge in [0.05, 0.1) is 11.4 Å². The molecule has 0 N–H and O–H groups in total. The first-order valence-corrected chi connectivity index (χ1v) is 21.2. The van der Waals surface area contributed by atoms with E-state index in [1.807, 2.05) is 17.8 Å². The highest BCUT2D eigenvalue weighted by molar-refractivity contribution is 8.03. The van der Waals surface area contributed by atoms with Crippen LogP contribution in [0, 0.1) is 0 Å². The van der Waals surface area contributed by atoms with Crippen molar-refractivity contribution in [3.8, 4) is 33.4 Å². The standard InChI is InChI=1S/C56H37NOS/c1-2-17-36(18-3-1)38-19-4-7-25-45(38)54-46-26-8-5-20-39(46)40-21-6-9-27-47(40)55(54)57(37-33-34-43-42-23-11-14-31-51(42)58-52(43)35-37)50-30-13-10-22-41(50)48-28-16-29-49-44-24-12-15-32-53(44)59-56(48)49/h1-23,25-35,44H,24H2. The average molecular weight is 772 g/mol. The second-order valence-corrected chi connectivity index (χ2v) is 16.6. The van der Waals surface area contributed by atoms with Gasteiger partial charge in [0, 0.05) is 49.9 Å². The fourth-order valence-corrected chi connectivity index (χ4v) is 11.0. The van der Waals surface area contributed by atoms with E-state index in [0.29, 0.717) is 5.92 Å².